The van der Waals surface area contributed by atoms with Gasteiger partial charge >= 0.3 is 0 Å². The molecular weight excluding hydrogens is 300 g/mol. The van der Waals surface area contributed by atoms with E-state index in [2.05, 4.69) is 10.3 Å². The van der Waals surface area contributed by atoms with Crippen molar-refractivity contribution in [1.82, 2.24) is 4.98 Å². The number of rotatable bonds is 7. The molecule has 5 heteroatoms. The average molecular weight is 324 g/mol. The van der Waals surface area contributed by atoms with E-state index in [1.807, 2.05) is 38.1 Å². The number of nitrogens with two attached hydrogens (primary N) is 1. The van der Waals surface area contributed by atoms with E-state index in [0.717, 1.165) is 29.6 Å². The second-order valence-electron chi connectivity index (χ2n) is 6.54. The zero-order valence-electron chi connectivity index (χ0n) is 14.2. The van der Waals surface area contributed by atoms with Crippen LogP contribution >= 0.6 is 0 Å². The van der Waals surface area contributed by atoms with Crippen LogP contribution in [0.1, 0.15) is 37.8 Å². The summed E-state index contributed by atoms with van der Waals surface area (Å²) < 4.78 is 5.71. The number of nitrogen functional groups attached to an aromatic ring is 1. The van der Waals surface area contributed by atoms with E-state index in [1.165, 1.54) is 12.8 Å². The van der Waals surface area contributed by atoms with Gasteiger partial charge in [-0.2, -0.15) is 0 Å². The maximum atomic E-state index is 8.53. The third-order valence-electron chi connectivity index (χ3n) is 3.98. The van der Waals surface area contributed by atoms with Crippen molar-refractivity contribution in [2.75, 3.05) is 17.6 Å². The van der Waals surface area contributed by atoms with Gasteiger partial charge in [-0.05, 0) is 62.9 Å². The first-order chi connectivity index (χ1) is 11.5. The van der Waals surface area contributed by atoms with Gasteiger partial charge in [0, 0.05) is 29.6 Å². The Morgan fingerprint density at radius 1 is 1.33 bits per heavy atom. The summed E-state index contributed by atoms with van der Waals surface area (Å²) in [5.74, 6) is 2.30. The van der Waals surface area contributed by atoms with Crippen LogP contribution in [0.4, 0.5) is 11.5 Å². The fraction of sp³-hybridized carbons (Fsp3) is 0.368. The molecule has 1 saturated carbocycles. The van der Waals surface area contributed by atoms with Crippen molar-refractivity contribution < 1.29 is 4.74 Å². The van der Waals surface area contributed by atoms with E-state index < -0.39 is 0 Å². The van der Waals surface area contributed by atoms with E-state index in [9.17, 15) is 0 Å². The summed E-state index contributed by atoms with van der Waals surface area (Å²) in [6, 6.07) is 9.19. The van der Waals surface area contributed by atoms with Crippen molar-refractivity contribution in [2.24, 2.45) is 5.92 Å². The summed E-state index contributed by atoms with van der Waals surface area (Å²) in [6.07, 6.45) is 4.39. The van der Waals surface area contributed by atoms with E-state index in [4.69, 9.17) is 15.9 Å². The first-order valence-electron chi connectivity index (χ1n) is 8.38. The Hall–Kier alpha value is -2.56. The van der Waals surface area contributed by atoms with Crippen LogP contribution in [0.3, 0.4) is 0 Å². The molecule has 0 unspecified atom stereocenters. The van der Waals surface area contributed by atoms with Crippen molar-refractivity contribution in [2.45, 2.75) is 32.8 Å². The Morgan fingerprint density at radius 3 is 2.83 bits per heavy atom. The number of benzene rings is 1. The van der Waals surface area contributed by atoms with E-state index in [1.54, 1.807) is 12.3 Å². The molecule has 1 aliphatic rings. The predicted molar refractivity (Wildman–Crippen MR) is 98.0 cm³/mol. The van der Waals surface area contributed by atoms with Crippen LogP contribution in [-0.4, -0.2) is 23.3 Å². The number of nitrogens with zero attached hydrogens (tertiary/aromatic N) is 1. The summed E-state index contributed by atoms with van der Waals surface area (Å²) >= 11 is 0. The van der Waals surface area contributed by atoms with Crippen LogP contribution in [0.25, 0.3) is 0 Å². The van der Waals surface area contributed by atoms with Crippen molar-refractivity contribution in [3.63, 3.8) is 0 Å². The molecule has 126 valence electrons. The molecule has 1 aliphatic carbocycles. The Morgan fingerprint density at radius 2 is 2.12 bits per heavy atom. The van der Waals surface area contributed by atoms with Crippen LogP contribution in [-0.2, 0) is 0 Å². The standard InChI is InChI=1S/C19H24N4O/c1-12(2)24-15-5-6-17(20)16(10-15)19(21)14-7-8-22-18(9-14)23-11-13-3-4-13/h5-10,12-13,21H,3-4,11,20H2,1-2H3,(H,22,23). The zero-order valence-corrected chi connectivity index (χ0v) is 14.2. The quantitative estimate of drug-likeness (QED) is 0.536. The SMILES string of the molecule is CC(C)Oc1ccc(N)c(C(=N)c2ccnc(NCC3CC3)c2)c1. The summed E-state index contributed by atoms with van der Waals surface area (Å²) in [4.78, 5) is 4.33. The monoisotopic (exact) mass is 324 g/mol. The van der Waals surface area contributed by atoms with Gasteiger partial charge in [0.05, 0.1) is 11.8 Å². The normalized spacial score (nSPS) is 13.8. The van der Waals surface area contributed by atoms with E-state index in [0.29, 0.717) is 17.0 Å². The maximum Gasteiger partial charge on any atom is 0.126 e. The van der Waals surface area contributed by atoms with E-state index >= 15 is 0 Å². The molecular formula is C19H24N4O. The lowest BCUT2D eigenvalue weighted by atomic mass is 10.0. The summed E-state index contributed by atoms with van der Waals surface area (Å²) in [5, 5.41) is 11.9. The minimum atomic E-state index is 0.0785. The van der Waals surface area contributed by atoms with Gasteiger partial charge in [0.15, 0.2) is 0 Å². The number of ether oxygens (including phenoxy) is 1. The van der Waals surface area contributed by atoms with Gasteiger partial charge in [0.1, 0.15) is 11.6 Å². The highest BCUT2D eigenvalue weighted by Gasteiger charge is 2.20. The van der Waals surface area contributed by atoms with Crippen LogP contribution in [0.15, 0.2) is 36.5 Å². The Bertz CT molecular complexity index is 738. The van der Waals surface area contributed by atoms with Gasteiger partial charge in [-0.15, -0.1) is 0 Å². The number of hydrogen-bond donors (Lipinski definition) is 3. The molecule has 4 N–H and O–H groups in total. The molecule has 2 aromatic rings. The Kier molecular flexibility index (Phi) is 4.69. The highest BCUT2D eigenvalue weighted by molar-refractivity contribution is 6.14. The Labute approximate surface area is 142 Å². The largest absolute Gasteiger partial charge is 0.491 e. The molecule has 0 atom stereocenters. The number of nitrogens with one attached hydrogen (secondary N) is 2. The van der Waals surface area contributed by atoms with Crippen molar-refractivity contribution in [3.05, 3.63) is 47.7 Å². The molecule has 0 amide bonds. The summed E-state index contributed by atoms with van der Waals surface area (Å²) in [7, 11) is 0. The van der Waals surface area contributed by atoms with Gasteiger partial charge in [-0.1, -0.05) is 0 Å². The topological polar surface area (TPSA) is 84.0 Å². The van der Waals surface area contributed by atoms with Crippen molar-refractivity contribution in [1.29, 1.82) is 5.41 Å². The molecule has 5 nitrogen and oxygen atoms in total. The lowest BCUT2D eigenvalue weighted by Crippen LogP contribution is -2.10. The molecule has 1 aromatic heterocycles. The van der Waals surface area contributed by atoms with Gasteiger partial charge in [0.25, 0.3) is 0 Å². The van der Waals surface area contributed by atoms with Crippen LogP contribution in [0, 0.1) is 11.3 Å². The second kappa shape index (κ2) is 6.91. The fourth-order valence-electron chi connectivity index (χ4n) is 2.51. The minimum Gasteiger partial charge on any atom is -0.491 e. The van der Waals surface area contributed by atoms with Crippen molar-refractivity contribution in [3.8, 4) is 5.75 Å². The third kappa shape index (κ3) is 4.04. The van der Waals surface area contributed by atoms with E-state index in [-0.39, 0.29) is 6.10 Å². The van der Waals surface area contributed by atoms with Crippen LogP contribution < -0.4 is 15.8 Å². The number of hydrogen-bond acceptors (Lipinski definition) is 5. The lowest BCUT2D eigenvalue weighted by molar-refractivity contribution is 0.242. The number of pyridine rings is 1. The molecule has 0 aliphatic heterocycles. The van der Waals surface area contributed by atoms with Gasteiger partial charge in [0.2, 0.25) is 0 Å². The number of aromatic nitrogens is 1. The smallest absolute Gasteiger partial charge is 0.126 e. The Balaban J connectivity index is 1.81. The maximum absolute atomic E-state index is 8.53. The average Bonchev–Trinajstić information content (AvgIpc) is 3.38. The highest BCUT2D eigenvalue weighted by Crippen LogP contribution is 2.29. The molecule has 1 aromatic carbocycles. The van der Waals surface area contributed by atoms with Crippen LogP contribution in [0.2, 0.25) is 0 Å². The molecule has 0 bridgehead atoms. The van der Waals surface area contributed by atoms with Gasteiger partial charge in [-0.25, -0.2) is 4.98 Å². The predicted octanol–water partition coefficient (Wildman–Crippen LogP) is 3.69. The molecule has 3 rings (SSSR count). The first kappa shape index (κ1) is 16.3. The molecule has 1 heterocycles. The molecule has 0 radical (unpaired) electrons. The molecule has 0 spiro atoms. The highest BCUT2D eigenvalue weighted by atomic mass is 16.5. The molecule has 24 heavy (non-hydrogen) atoms. The first-order valence-corrected chi connectivity index (χ1v) is 8.38. The minimum absolute atomic E-state index is 0.0785. The fourth-order valence-corrected chi connectivity index (χ4v) is 2.51. The third-order valence-corrected chi connectivity index (χ3v) is 3.98. The van der Waals surface area contributed by atoms with Gasteiger partial charge < -0.3 is 15.8 Å². The summed E-state index contributed by atoms with van der Waals surface area (Å²) in [6.45, 7) is 4.90. The van der Waals surface area contributed by atoms with Crippen LogP contribution in [0.5, 0.6) is 5.75 Å². The zero-order chi connectivity index (χ0) is 17.1. The molecule has 0 saturated heterocycles. The van der Waals surface area contributed by atoms with Crippen molar-refractivity contribution >= 4 is 17.2 Å². The van der Waals surface area contributed by atoms with Gasteiger partial charge in [-0.3, -0.25) is 5.41 Å². The molecule has 1 fully saturated rings. The second-order valence-corrected chi connectivity index (χ2v) is 6.54. The summed E-state index contributed by atoms with van der Waals surface area (Å²) in [5.41, 5.74) is 8.48. The number of anilines is 2. The lowest BCUT2D eigenvalue weighted by Gasteiger charge is -2.14.